The molecule has 2 amide bonds. The maximum atomic E-state index is 12.6. The summed E-state index contributed by atoms with van der Waals surface area (Å²) >= 11 is 0. The highest BCUT2D eigenvalue weighted by molar-refractivity contribution is 5.81. The number of aliphatic hydroxyl groups is 1. The van der Waals surface area contributed by atoms with Gasteiger partial charge in [0.25, 0.3) is 0 Å². The van der Waals surface area contributed by atoms with E-state index >= 15 is 0 Å². The molecule has 2 aliphatic rings. The number of aliphatic hydroxyl groups excluding tert-OH is 1. The van der Waals surface area contributed by atoms with Gasteiger partial charge in [0.15, 0.2) is 0 Å². The molecule has 7 nitrogen and oxygen atoms in total. The van der Waals surface area contributed by atoms with E-state index in [-0.39, 0.29) is 25.0 Å². The number of hydrogen-bond donors (Lipinski definition) is 1. The molecule has 28 heavy (non-hydrogen) atoms. The van der Waals surface area contributed by atoms with Crippen molar-refractivity contribution in [2.45, 2.75) is 64.0 Å². The van der Waals surface area contributed by atoms with Crippen molar-refractivity contribution in [3.63, 3.8) is 0 Å². The van der Waals surface area contributed by atoms with E-state index < -0.39 is 36.0 Å². The smallest absolute Gasteiger partial charge is 0.427 e. The lowest BCUT2D eigenvalue weighted by Crippen LogP contribution is -2.49. The maximum absolute atomic E-state index is 12.6. The molecule has 2 aliphatic heterocycles. The lowest BCUT2D eigenvalue weighted by atomic mass is 9.86. The van der Waals surface area contributed by atoms with Crippen molar-refractivity contribution >= 4 is 12.0 Å². The SMILES string of the molecule is CN(C(=O)C(C)(C)C)[C@H]1COC2(CCN(C(=O)OC(CO)C(F)(F)F)CC2)C1. The maximum Gasteiger partial charge on any atom is 0.427 e. The van der Waals surface area contributed by atoms with Gasteiger partial charge in [-0.1, -0.05) is 20.8 Å². The Morgan fingerprint density at radius 3 is 2.32 bits per heavy atom. The van der Waals surface area contributed by atoms with Crippen LogP contribution in [0.1, 0.15) is 40.0 Å². The number of likely N-dealkylation sites (N-methyl/N-ethyl adjacent to an activating group) is 1. The summed E-state index contributed by atoms with van der Waals surface area (Å²) in [6.45, 7) is 5.01. The van der Waals surface area contributed by atoms with E-state index in [1.165, 1.54) is 4.90 Å². The Morgan fingerprint density at radius 2 is 1.86 bits per heavy atom. The van der Waals surface area contributed by atoms with Gasteiger partial charge in [0, 0.05) is 25.6 Å². The molecule has 1 N–H and O–H groups in total. The Labute approximate surface area is 162 Å². The van der Waals surface area contributed by atoms with E-state index in [0.717, 1.165) is 0 Å². The van der Waals surface area contributed by atoms with Crippen LogP contribution in [0.3, 0.4) is 0 Å². The lowest BCUT2D eigenvalue weighted by molar-refractivity contribution is -0.215. The van der Waals surface area contributed by atoms with Crippen LogP contribution in [-0.4, -0.2) is 84.2 Å². The fourth-order valence-electron chi connectivity index (χ4n) is 3.61. The van der Waals surface area contributed by atoms with Crippen molar-refractivity contribution in [1.82, 2.24) is 9.80 Å². The predicted molar refractivity (Wildman–Crippen MR) is 93.5 cm³/mol. The molecule has 2 rings (SSSR count). The summed E-state index contributed by atoms with van der Waals surface area (Å²) in [5.41, 5.74) is -0.992. The Bertz CT molecular complexity index is 583. The van der Waals surface area contributed by atoms with E-state index in [1.807, 2.05) is 20.8 Å². The number of halogens is 3. The van der Waals surface area contributed by atoms with Crippen LogP contribution in [0, 0.1) is 5.41 Å². The third kappa shape index (κ3) is 5.08. The number of alkyl halides is 3. The third-order valence-electron chi connectivity index (χ3n) is 5.41. The van der Waals surface area contributed by atoms with Crippen LogP contribution in [0.5, 0.6) is 0 Å². The van der Waals surface area contributed by atoms with Gasteiger partial charge in [-0.15, -0.1) is 0 Å². The second-order valence-electron chi connectivity index (χ2n) is 8.60. The molecule has 0 aromatic heterocycles. The number of ether oxygens (including phenoxy) is 2. The zero-order valence-corrected chi connectivity index (χ0v) is 16.7. The number of hydrogen-bond acceptors (Lipinski definition) is 5. The third-order valence-corrected chi connectivity index (χ3v) is 5.41. The van der Waals surface area contributed by atoms with Crippen molar-refractivity contribution in [3.8, 4) is 0 Å². The number of likely N-dealkylation sites (tertiary alicyclic amines) is 1. The molecular weight excluding hydrogens is 381 g/mol. The monoisotopic (exact) mass is 410 g/mol. The van der Waals surface area contributed by atoms with Gasteiger partial charge in [-0.3, -0.25) is 4.79 Å². The molecule has 2 fully saturated rings. The van der Waals surface area contributed by atoms with Crippen molar-refractivity contribution in [2.75, 3.05) is 33.4 Å². The first kappa shape index (κ1) is 22.7. The first-order valence-electron chi connectivity index (χ1n) is 9.33. The Kier molecular flexibility index (Phi) is 6.54. The number of rotatable bonds is 3. The molecule has 0 bridgehead atoms. The highest BCUT2D eigenvalue weighted by atomic mass is 19.4. The summed E-state index contributed by atoms with van der Waals surface area (Å²) in [5.74, 6) is 0.0151. The highest BCUT2D eigenvalue weighted by Crippen LogP contribution is 2.38. The normalized spacial score (nSPS) is 23.6. The van der Waals surface area contributed by atoms with E-state index in [0.29, 0.717) is 25.9 Å². The van der Waals surface area contributed by atoms with Crippen molar-refractivity contribution < 1.29 is 37.3 Å². The molecule has 0 saturated carbocycles. The number of carbonyl (C=O) groups excluding carboxylic acids is 2. The highest BCUT2D eigenvalue weighted by Gasteiger charge is 2.47. The van der Waals surface area contributed by atoms with Gasteiger partial charge >= 0.3 is 12.3 Å². The van der Waals surface area contributed by atoms with Crippen LogP contribution >= 0.6 is 0 Å². The van der Waals surface area contributed by atoms with E-state index in [2.05, 4.69) is 4.74 Å². The lowest BCUT2D eigenvalue weighted by Gasteiger charge is -2.39. The number of piperidine rings is 1. The molecule has 1 unspecified atom stereocenters. The second kappa shape index (κ2) is 8.06. The molecule has 2 saturated heterocycles. The fraction of sp³-hybridized carbons (Fsp3) is 0.889. The largest absolute Gasteiger partial charge is 0.434 e. The number of nitrogens with zero attached hydrogens (tertiary/aromatic N) is 2. The van der Waals surface area contributed by atoms with Crippen molar-refractivity contribution in [3.05, 3.63) is 0 Å². The van der Waals surface area contributed by atoms with E-state index in [4.69, 9.17) is 9.84 Å². The topological polar surface area (TPSA) is 79.3 Å². The Balaban J connectivity index is 1.90. The van der Waals surface area contributed by atoms with Gasteiger partial charge in [0.2, 0.25) is 12.0 Å². The summed E-state index contributed by atoms with van der Waals surface area (Å²) in [7, 11) is 1.75. The first-order valence-corrected chi connectivity index (χ1v) is 9.33. The van der Waals surface area contributed by atoms with Crippen LogP contribution in [-0.2, 0) is 14.3 Å². The summed E-state index contributed by atoms with van der Waals surface area (Å²) in [5, 5.41) is 8.79. The minimum absolute atomic E-state index is 0.0151. The number of carbonyl (C=O) groups is 2. The summed E-state index contributed by atoms with van der Waals surface area (Å²) < 4.78 is 48.3. The summed E-state index contributed by atoms with van der Waals surface area (Å²) in [6, 6.07) is -0.0748. The van der Waals surface area contributed by atoms with Gasteiger partial charge in [-0.05, 0) is 19.3 Å². The number of amides is 2. The molecule has 0 aromatic carbocycles. The standard InChI is InChI=1S/C18H29F3N2O5/c1-16(2,3)14(25)22(4)12-9-17(27-11-12)5-7-23(8-6-17)15(26)28-13(10-24)18(19,20)21/h12-13,24H,5-11H2,1-4H3/t12-,13?/m1/s1. The first-order chi connectivity index (χ1) is 12.8. The van der Waals surface area contributed by atoms with Gasteiger partial charge in [0.1, 0.15) is 0 Å². The van der Waals surface area contributed by atoms with Crippen molar-refractivity contribution in [1.29, 1.82) is 0 Å². The predicted octanol–water partition coefficient (Wildman–Crippen LogP) is 2.17. The van der Waals surface area contributed by atoms with Gasteiger partial charge in [0.05, 0.1) is 24.9 Å². The molecule has 162 valence electrons. The van der Waals surface area contributed by atoms with Gasteiger partial charge in [-0.2, -0.15) is 13.2 Å². The fourth-order valence-corrected chi connectivity index (χ4v) is 3.61. The molecule has 2 atom stereocenters. The van der Waals surface area contributed by atoms with Gasteiger partial charge < -0.3 is 24.4 Å². The minimum atomic E-state index is -4.81. The van der Waals surface area contributed by atoms with Crippen molar-refractivity contribution in [2.24, 2.45) is 5.41 Å². The van der Waals surface area contributed by atoms with Crippen LogP contribution in [0.25, 0.3) is 0 Å². The molecule has 0 radical (unpaired) electrons. The molecule has 0 aliphatic carbocycles. The Morgan fingerprint density at radius 1 is 1.29 bits per heavy atom. The second-order valence-corrected chi connectivity index (χ2v) is 8.60. The summed E-state index contributed by atoms with van der Waals surface area (Å²) in [6.07, 6.45) is -6.91. The van der Waals surface area contributed by atoms with E-state index in [9.17, 15) is 22.8 Å². The molecular formula is C18H29F3N2O5. The average molecular weight is 410 g/mol. The minimum Gasteiger partial charge on any atom is -0.434 e. The summed E-state index contributed by atoms with van der Waals surface area (Å²) in [4.78, 5) is 27.3. The van der Waals surface area contributed by atoms with Crippen LogP contribution in [0.2, 0.25) is 0 Å². The molecule has 10 heteroatoms. The quantitative estimate of drug-likeness (QED) is 0.772. The Hall–Kier alpha value is -1.55. The molecule has 1 spiro atoms. The van der Waals surface area contributed by atoms with Crippen LogP contribution < -0.4 is 0 Å². The van der Waals surface area contributed by atoms with Crippen LogP contribution in [0.15, 0.2) is 0 Å². The van der Waals surface area contributed by atoms with E-state index in [1.54, 1.807) is 11.9 Å². The molecule has 0 aromatic rings. The van der Waals surface area contributed by atoms with Crippen LogP contribution in [0.4, 0.5) is 18.0 Å². The van der Waals surface area contributed by atoms with Gasteiger partial charge in [-0.25, -0.2) is 4.79 Å². The zero-order valence-electron chi connectivity index (χ0n) is 16.7. The molecule has 2 heterocycles. The average Bonchev–Trinajstić information content (AvgIpc) is 3.00. The zero-order chi connectivity index (χ0) is 21.3.